The molecule has 0 spiro atoms. The maximum atomic E-state index is 14.1. The maximum absolute atomic E-state index is 14.1. The first-order chi connectivity index (χ1) is 20.7. The van der Waals surface area contributed by atoms with Crippen LogP contribution in [0.3, 0.4) is 0 Å². The molecule has 0 heterocycles. The van der Waals surface area contributed by atoms with Crippen LogP contribution in [0.1, 0.15) is 50.7 Å². The van der Waals surface area contributed by atoms with Crippen LogP contribution < -0.4 is 15.8 Å². The topological polar surface area (TPSA) is 173 Å². The molecule has 0 aliphatic carbocycles. The number of carbonyl (C=O) groups is 2. The molecular formula is C31H47N3O8S2. The lowest BCUT2D eigenvalue weighted by molar-refractivity contribution is -0.137. The van der Waals surface area contributed by atoms with Crippen LogP contribution >= 0.6 is 0 Å². The Labute approximate surface area is 262 Å². The van der Waals surface area contributed by atoms with Gasteiger partial charge in [0, 0.05) is 25.4 Å². The van der Waals surface area contributed by atoms with E-state index in [0.29, 0.717) is 43.4 Å². The summed E-state index contributed by atoms with van der Waals surface area (Å²) in [6.45, 7) is 3.40. The van der Waals surface area contributed by atoms with Crippen LogP contribution in [0.4, 0.5) is 0 Å². The van der Waals surface area contributed by atoms with Crippen LogP contribution in [0.25, 0.3) is 0 Å². The highest BCUT2D eigenvalue weighted by Crippen LogP contribution is 2.20. The summed E-state index contributed by atoms with van der Waals surface area (Å²) in [6.07, 6.45) is 1.97. The van der Waals surface area contributed by atoms with Crippen molar-refractivity contribution in [3.8, 4) is 5.75 Å². The molecule has 2 aromatic rings. The van der Waals surface area contributed by atoms with Gasteiger partial charge in [0.15, 0.2) is 19.7 Å². The van der Waals surface area contributed by atoms with E-state index in [-0.39, 0.29) is 13.1 Å². The van der Waals surface area contributed by atoms with Crippen molar-refractivity contribution in [1.29, 1.82) is 0 Å². The molecule has 11 nitrogen and oxygen atoms in total. The molecule has 0 aliphatic heterocycles. The third kappa shape index (κ3) is 12.5. The molecule has 0 fully saturated rings. The quantitative estimate of drug-likeness (QED) is 0.205. The van der Waals surface area contributed by atoms with Crippen molar-refractivity contribution in [2.75, 3.05) is 31.4 Å². The third-order valence-corrected chi connectivity index (χ3v) is 10.3. The van der Waals surface area contributed by atoms with Gasteiger partial charge in [0.2, 0.25) is 11.8 Å². The summed E-state index contributed by atoms with van der Waals surface area (Å²) in [7, 11) is -6.17. The van der Waals surface area contributed by atoms with Gasteiger partial charge in [-0.25, -0.2) is 16.8 Å². The van der Waals surface area contributed by atoms with E-state index in [1.807, 2.05) is 44.2 Å². The fraction of sp³-hybridized carbons (Fsp3) is 0.548. The third-order valence-electron chi connectivity index (χ3n) is 7.19. The first-order valence-electron chi connectivity index (χ1n) is 14.8. The van der Waals surface area contributed by atoms with Crippen molar-refractivity contribution in [2.45, 2.75) is 75.9 Å². The summed E-state index contributed by atoms with van der Waals surface area (Å²) >= 11 is 0. The molecule has 1 unspecified atom stereocenters. The lowest BCUT2D eigenvalue weighted by Gasteiger charge is -2.32. The number of nitrogens with two attached hydrogens (primary N) is 1. The number of hydrogen-bond donors (Lipinski definition) is 3. The second-order valence-corrected chi connectivity index (χ2v) is 15.7. The Bertz CT molecular complexity index is 1410. The predicted molar refractivity (Wildman–Crippen MR) is 172 cm³/mol. The van der Waals surface area contributed by atoms with Gasteiger partial charge in [-0.2, -0.15) is 0 Å². The molecule has 3 atom stereocenters. The summed E-state index contributed by atoms with van der Waals surface area (Å²) in [5.74, 6) is -2.88. The first-order valence-corrected chi connectivity index (χ1v) is 18.5. The lowest BCUT2D eigenvalue weighted by atomic mass is 10.0. The number of rotatable bonds is 19. The highest BCUT2D eigenvalue weighted by atomic mass is 32.2. The van der Waals surface area contributed by atoms with Crippen molar-refractivity contribution < 1.29 is 36.3 Å². The average Bonchev–Trinajstić information content (AvgIpc) is 2.95. The van der Waals surface area contributed by atoms with Gasteiger partial charge in [-0.15, -0.1) is 0 Å². The normalized spacial score (nSPS) is 14.1. The number of aliphatic hydroxyl groups excluding tert-OH is 1. The molecule has 4 N–H and O–H groups in total. The monoisotopic (exact) mass is 653 g/mol. The predicted octanol–water partition coefficient (Wildman–Crippen LogP) is 1.87. The Kier molecular flexibility index (Phi) is 14.8. The number of benzene rings is 2. The molecule has 246 valence electrons. The highest BCUT2D eigenvalue weighted by molar-refractivity contribution is 7.92. The van der Waals surface area contributed by atoms with Crippen LogP contribution in [0.5, 0.6) is 5.75 Å². The zero-order valence-corrected chi connectivity index (χ0v) is 27.6. The summed E-state index contributed by atoms with van der Waals surface area (Å²) < 4.78 is 56.1. The van der Waals surface area contributed by atoms with Crippen molar-refractivity contribution in [3.63, 3.8) is 0 Å². The zero-order valence-electron chi connectivity index (χ0n) is 26.0. The average molecular weight is 654 g/mol. The molecule has 0 bridgehead atoms. The minimum Gasteiger partial charge on any atom is -0.497 e. The minimum atomic E-state index is -3.90. The van der Waals surface area contributed by atoms with E-state index in [4.69, 9.17) is 10.5 Å². The molecular weight excluding hydrogens is 606 g/mol. The van der Waals surface area contributed by atoms with E-state index < -0.39 is 66.4 Å². The number of hydrogen-bond acceptors (Lipinski definition) is 9. The lowest BCUT2D eigenvalue weighted by Crippen LogP contribution is -2.55. The Morgan fingerprint density at radius 2 is 1.59 bits per heavy atom. The Balaban J connectivity index is 2.47. The van der Waals surface area contributed by atoms with E-state index >= 15 is 0 Å². The van der Waals surface area contributed by atoms with Gasteiger partial charge in [-0.3, -0.25) is 9.59 Å². The number of sulfone groups is 2. The first kappa shape index (κ1) is 37.2. The van der Waals surface area contributed by atoms with E-state index in [9.17, 15) is 31.5 Å². The van der Waals surface area contributed by atoms with Gasteiger partial charge >= 0.3 is 0 Å². The molecule has 2 rings (SSSR count). The summed E-state index contributed by atoms with van der Waals surface area (Å²) in [5.41, 5.74) is 7.84. The zero-order chi connectivity index (χ0) is 32.9. The van der Waals surface area contributed by atoms with Crippen molar-refractivity contribution in [2.24, 2.45) is 5.73 Å². The SMILES string of the molecule is CCCC(CCC)S(=O)(=O)CC(NC(=O)CS(C)(=O)=O)C(=O)N(Cc1cccc(OC)c1)C[C@@H](O)[C@@H](N)Cc1ccccc1. The molecule has 2 amide bonds. The number of nitrogens with one attached hydrogen (secondary N) is 1. The van der Waals surface area contributed by atoms with Gasteiger partial charge in [0.05, 0.1) is 24.2 Å². The van der Waals surface area contributed by atoms with Crippen molar-refractivity contribution >= 4 is 31.5 Å². The summed E-state index contributed by atoms with van der Waals surface area (Å²) in [5, 5.41) is 12.8. The Hall–Kier alpha value is -3.00. The fourth-order valence-electron chi connectivity index (χ4n) is 4.99. The second kappa shape index (κ2) is 17.5. The van der Waals surface area contributed by atoms with E-state index in [1.54, 1.807) is 24.3 Å². The molecule has 0 aliphatic rings. The van der Waals surface area contributed by atoms with E-state index in [2.05, 4.69) is 5.32 Å². The molecule has 0 aromatic heterocycles. The number of nitrogens with zero attached hydrogens (tertiary/aromatic N) is 1. The van der Waals surface area contributed by atoms with E-state index in [1.165, 1.54) is 12.0 Å². The summed E-state index contributed by atoms with van der Waals surface area (Å²) in [4.78, 5) is 28.1. The van der Waals surface area contributed by atoms with Gasteiger partial charge in [0.1, 0.15) is 17.5 Å². The van der Waals surface area contributed by atoms with Crippen molar-refractivity contribution in [1.82, 2.24) is 10.2 Å². The smallest absolute Gasteiger partial charge is 0.246 e. The van der Waals surface area contributed by atoms with Crippen LogP contribution in [0, 0.1) is 0 Å². The van der Waals surface area contributed by atoms with Crippen LogP contribution in [0.15, 0.2) is 54.6 Å². The summed E-state index contributed by atoms with van der Waals surface area (Å²) in [6, 6.07) is 13.8. The Morgan fingerprint density at radius 1 is 0.977 bits per heavy atom. The highest BCUT2D eigenvalue weighted by Gasteiger charge is 2.36. The fourth-order valence-corrected chi connectivity index (χ4v) is 7.70. The minimum absolute atomic E-state index is 0.0585. The van der Waals surface area contributed by atoms with E-state index in [0.717, 1.165) is 11.8 Å². The number of amides is 2. The number of carbonyl (C=O) groups excluding carboxylic acids is 2. The standard InChI is InChI=1S/C31H47N3O8S2/c1-5-11-26(12-6-2)44(40,41)21-28(33-30(36)22-43(4,38)39)31(37)34(19-24-15-10-16-25(17-24)42-3)20-29(35)27(32)18-23-13-8-7-9-14-23/h7-10,13-17,26-29,35H,5-6,11-12,18-22,32H2,1-4H3,(H,33,36)/t27-,28?,29+/m0/s1. The molecule has 44 heavy (non-hydrogen) atoms. The second-order valence-electron chi connectivity index (χ2n) is 11.2. The molecule has 0 radical (unpaired) electrons. The Morgan fingerprint density at radius 3 is 2.16 bits per heavy atom. The maximum Gasteiger partial charge on any atom is 0.246 e. The largest absolute Gasteiger partial charge is 0.497 e. The van der Waals surface area contributed by atoms with Gasteiger partial charge in [-0.1, -0.05) is 69.2 Å². The molecule has 0 saturated carbocycles. The molecule has 13 heteroatoms. The molecule has 2 aromatic carbocycles. The van der Waals surface area contributed by atoms with Crippen molar-refractivity contribution in [3.05, 3.63) is 65.7 Å². The van der Waals surface area contributed by atoms with Crippen LogP contribution in [-0.4, -0.2) is 93.5 Å². The van der Waals surface area contributed by atoms with Gasteiger partial charge < -0.3 is 25.8 Å². The number of aliphatic hydroxyl groups is 1. The molecule has 0 saturated heterocycles. The number of methoxy groups -OCH3 is 1. The van der Waals surface area contributed by atoms with Crippen LogP contribution in [0.2, 0.25) is 0 Å². The van der Waals surface area contributed by atoms with Gasteiger partial charge in [0.25, 0.3) is 0 Å². The van der Waals surface area contributed by atoms with Crippen LogP contribution in [-0.2, 0) is 42.2 Å². The van der Waals surface area contributed by atoms with Gasteiger partial charge in [-0.05, 0) is 42.5 Å². The number of ether oxygens (including phenoxy) is 1.